The molecule has 4 aromatic rings. The highest BCUT2D eigenvalue weighted by molar-refractivity contribution is 6.04. The van der Waals surface area contributed by atoms with Gasteiger partial charge in [-0.2, -0.15) is 0 Å². The Morgan fingerprint density at radius 1 is 0.973 bits per heavy atom. The molecule has 192 valence electrons. The fraction of sp³-hybridized carbons (Fsp3) is 0.241. The third-order valence-electron chi connectivity index (χ3n) is 6.34. The van der Waals surface area contributed by atoms with E-state index < -0.39 is 0 Å². The van der Waals surface area contributed by atoms with E-state index in [9.17, 15) is 4.79 Å². The number of fused-ring (bicyclic) bond motifs is 2. The highest BCUT2D eigenvalue weighted by atomic mass is 35.5. The Kier molecular flexibility index (Phi) is 8.04. The first kappa shape index (κ1) is 26.1. The molecule has 8 heteroatoms. The largest absolute Gasteiger partial charge is 0.493 e. The number of furan rings is 1. The number of aryl methyl sites for hydroxylation is 2. The van der Waals surface area contributed by atoms with Gasteiger partial charge < -0.3 is 24.5 Å². The van der Waals surface area contributed by atoms with Gasteiger partial charge in [0.1, 0.15) is 11.5 Å². The molecular formula is C29H30ClN3O4. The summed E-state index contributed by atoms with van der Waals surface area (Å²) in [5.74, 6) is 2.53. The van der Waals surface area contributed by atoms with Crippen LogP contribution in [0.5, 0.6) is 11.5 Å². The van der Waals surface area contributed by atoms with Crippen molar-refractivity contribution in [2.45, 2.75) is 32.6 Å². The second kappa shape index (κ2) is 11.4. The van der Waals surface area contributed by atoms with Gasteiger partial charge in [-0.1, -0.05) is 0 Å². The Labute approximate surface area is 222 Å². The number of rotatable bonds is 7. The number of methoxy groups -OCH3 is 2. The molecule has 37 heavy (non-hydrogen) atoms. The second-order valence-electron chi connectivity index (χ2n) is 8.82. The number of aromatic nitrogens is 1. The molecule has 0 spiro atoms. The van der Waals surface area contributed by atoms with Crippen LogP contribution in [0.3, 0.4) is 0 Å². The summed E-state index contributed by atoms with van der Waals surface area (Å²) in [7, 11) is 3.25. The Morgan fingerprint density at radius 3 is 2.51 bits per heavy atom. The highest BCUT2D eigenvalue weighted by Gasteiger charge is 2.19. The lowest BCUT2D eigenvalue weighted by Gasteiger charge is -2.22. The van der Waals surface area contributed by atoms with Crippen LogP contribution >= 0.6 is 12.4 Å². The number of hydrogen-bond acceptors (Lipinski definition) is 6. The number of pyridine rings is 1. The minimum Gasteiger partial charge on any atom is -0.493 e. The molecule has 1 aliphatic rings. The predicted molar refractivity (Wildman–Crippen MR) is 150 cm³/mol. The fourth-order valence-corrected chi connectivity index (χ4v) is 4.59. The summed E-state index contributed by atoms with van der Waals surface area (Å²) in [6.45, 7) is 1.87. The minimum atomic E-state index is -0.233. The molecule has 0 radical (unpaired) electrons. The molecule has 0 aliphatic heterocycles. The van der Waals surface area contributed by atoms with Gasteiger partial charge in [0.15, 0.2) is 11.5 Å². The number of carbonyl (C=O) groups is 1. The Balaban J connectivity index is 0.00000320. The molecule has 2 aromatic heterocycles. The number of amides is 1. The molecule has 2 N–H and O–H groups in total. The zero-order chi connectivity index (χ0) is 25.1. The van der Waals surface area contributed by atoms with E-state index in [4.69, 9.17) is 18.9 Å². The number of nitrogens with one attached hydrogen (secondary N) is 2. The van der Waals surface area contributed by atoms with Crippen LogP contribution in [-0.4, -0.2) is 25.1 Å². The molecule has 0 bridgehead atoms. The number of nitrogens with zero attached hydrogens (tertiary/aromatic N) is 1. The van der Waals surface area contributed by atoms with E-state index in [-0.39, 0.29) is 18.3 Å². The van der Waals surface area contributed by atoms with Crippen molar-refractivity contribution in [1.29, 1.82) is 0 Å². The second-order valence-corrected chi connectivity index (χ2v) is 8.82. The van der Waals surface area contributed by atoms with Crippen molar-refractivity contribution in [3.05, 3.63) is 77.4 Å². The van der Waals surface area contributed by atoms with Crippen molar-refractivity contribution in [2.24, 2.45) is 0 Å². The number of ether oxygens (including phenoxy) is 2. The summed E-state index contributed by atoms with van der Waals surface area (Å²) in [4.78, 5) is 17.5. The van der Waals surface area contributed by atoms with E-state index in [1.54, 1.807) is 20.3 Å². The van der Waals surface area contributed by atoms with Gasteiger partial charge in [0.25, 0.3) is 0 Å². The molecule has 0 unspecified atom stereocenters. The van der Waals surface area contributed by atoms with E-state index in [0.717, 1.165) is 59.4 Å². The van der Waals surface area contributed by atoms with Crippen LogP contribution in [0.2, 0.25) is 0 Å². The summed E-state index contributed by atoms with van der Waals surface area (Å²) in [6, 6.07) is 15.3. The van der Waals surface area contributed by atoms with Crippen LogP contribution in [0.1, 0.15) is 35.6 Å². The maximum atomic E-state index is 12.6. The van der Waals surface area contributed by atoms with Crippen molar-refractivity contribution >= 4 is 52.4 Å². The number of halogens is 1. The molecular weight excluding hydrogens is 490 g/mol. The lowest BCUT2D eigenvalue weighted by atomic mass is 9.92. The topological polar surface area (TPSA) is 85.6 Å². The van der Waals surface area contributed by atoms with Crippen LogP contribution < -0.4 is 20.1 Å². The van der Waals surface area contributed by atoms with Gasteiger partial charge in [0, 0.05) is 34.6 Å². The number of benzene rings is 2. The molecule has 2 heterocycles. The van der Waals surface area contributed by atoms with Gasteiger partial charge in [0.05, 0.1) is 25.4 Å². The van der Waals surface area contributed by atoms with E-state index >= 15 is 0 Å². The molecule has 5 rings (SSSR count). The van der Waals surface area contributed by atoms with Crippen LogP contribution in [0, 0.1) is 6.92 Å². The first-order valence-electron chi connectivity index (χ1n) is 12.0. The Morgan fingerprint density at radius 2 is 1.76 bits per heavy atom. The molecule has 7 nitrogen and oxygen atoms in total. The molecule has 0 saturated carbocycles. The summed E-state index contributed by atoms with van der Waals surface area (Å²) in [5, 5.41) is 7.52. The van der Waals surface area contributed by atoms with Crippen molar-refractivity contribution in [3.63, 3.8) is 0 Å². The van der Waals surface area contributed by atoms with E-state index in [2.05, 4.69) is 10.6 Å². The molecule has 1 aliphatic carbocycles. The maximum Gasteiger partial charge on any atom is 0.248 e. The van der Waals surface area contributed by atoms with E-state index in [1.165, 1.54) is 11.6 Å². The molecule has 2 aromatic carbocycles. The van der Waals surface area contributed by atoms with Gasteiger partial charge in [-0.25, -0.2) is 0 Å². The van der Waals surface area contributed by atoms with Gasteiger partial charge in [-0.05, 0) is 86.7 Å². The zero-order valence-corrected chi connectivity index (χ0v) is 21.9. The fourth-order valence-electron chi connectivity index (χ4n) is 4.59. The number of hydrogen-bond donors (Lipinski definition) is 2. The van der Waals surface area contributed by atoms with E-state index in [1.807, 2.05) is 55.5 Å². The van der Waals surface area contributed by atoms with Gasteiger partial charge in [0.2, 0.25) is 5.91 Å². The molecule has 0 atom stereocenters. The average molecular weight is 520 g/mol. The predicted octanol–water partition coefficient (Wildman–Crippen LogP) is 6.85. The lowest BCUT2D eigenvalue weighted by molar-refractivity contribution is -0.111. The number of anilines is 3. The zero-order valence-electron chi connectivity index (χ0n) is 21.1. The van der Waals surface area contributed by atoms with Crippen LogP contribution in [0.25, 0.3) is 17.0 Å². The molecule has 0 saturated heterocycles. The van der Waals surface area contributed by atoms with Crippen LogP contribution in [-0.2, 0) is 17.6 Å². The quantitative estimate of drug-likeness (QED) is 0.260. The normalized spacial score (nSPS) is 12.6. The van der Waals surface area contributed by atoms with Gasteiger partial charge >= 0.3 is 0 Å². The summed E-state index contributed by atoms with van der Waals surface area (Å²) in [5.41, 5.74) is 5.84. The maximum absolute atomic E-state index is 12.6. The summed E-state index contributed by atoms with van der Waals surface area (Å²) in [6.07, 6.45) is 7.30. The lowest BCUT2D eigenvalue weighted by Crippen LogP contribution is -2.11. The first-order valence-corrected chi connectivity index (χ1v) is 12.0. The van der Waals surface area contributed by atoms with E-state index in [0.29, 0.717) is 22.9 Å². The van der Waals surface area contributed by atoms with Crippen molar-refractivity contribution in [1.82, 2.24) is 4.98 Å². The summed E-state index contributed by atoms with van der Waals surface area (Å²) >= 11 is 0. The summed E-state index contributed by atoms with van der Waals surface area (Å²) < 4.78 is 16.4. The van der Waals surface area contributed by atoms with Gasteiger partial charge in [-0.3, -0.25) is 9.78 Å². The van der Waals surface area contributed by atoms with Crippen LogP contribution in [0.4, 0.5) is 17.1 Å². The highest BCUT2D eigenvalue weighted by Crippen LogP contribution is 2.38. The van der Waals surface area contributed by atoms with Crippen molar-refractivity contribution < 1.29 is 18.7 Å². The standard InChI is InChI=1S/C29H29N3O4.ClH/c1-18-8-11-21(36-18)12-15-28(33)30-19-9-13-25-23(16-19)29(22-6-4-5-7-24(22)32-25)31-20-10-14-26(34-2)27(17-20)35-3;/h8-17H,4-7H2,1-3H3,(H,30,33)(H,31,32);1H/b15-12+;. The number of carbonyl (C=O) groups excluding carboxylic acids is 1. The Bertz CT molecular complexity index is 1460. The first-order chi connectivity index (χ1) is 17.5. The SMILES string of the molecule is COc1ccc(Nc2c3c(nc4ccc(NC(=O)/C=C/c5ccc(C)o5)cc24)CCCC3)cc1OC.Cl. The monoisotopic (exact) mass is 519 g/mol. The molecule has 0 fully saturated rings. The molecule has 1 amide bonds. The third kappa shape index (κ3) is 5.73. The minimum absolute atomic E-state index is 0. The average Bonchev–Trinajstić information content (AvgIpc) is 3.32. The smallest absolute Gasteiger partial charge is 0.248 e. The third-order valence-corrected chi connectivity index (χ3v) is 6.34. The van der Waals surface area contributed by atoms with Gasteiger partial charge in [-0.15, -0.1) is 12.4 Å². The Hall–Kier alpha value is -3.97. The van der Waals surface area contributed by atoms with Crippen molar-refractivity contribution in [3.8, 4) is 11.5 Å². The van der Waals surface area contributed by atoms with Crippen molar-refractivity contribution in [2.75, 3.05) is 24.9 Å². The van der Waals surface area contributed by atoms with Crippen LogP contribution in [0.15, 0.2) is 59.0 Å².